The molecule has 0 radical (unpaired) electrons. The fourth-order valence-corrected chi connectivity index (χ4v) is 4.33. The van der Waals surface area contributed by atoms with Crippen molar-refractivity contribution in [2.75, 3.05) is 11.9 Å². The minimum absolute atomic E-state index is 0.0506. The molecule has 0 bridgehead atoms. The van der Waals surface area contributed by atoms with Gasteiger partial charge in [-0.3, -0.25) is 4.79 Å². The van der Waals surface area contributed by atoms with E-state index in [4.69, 9.17) is 9.84 Å². The van der Waals surface area contributed by atoms with E-state index >= 15 is 0 Å². The number of phenols is 1. The van der Waals surface area contributed by atoms with E-state index in [0.717, 1.165) is 28.3 Å². The second kappa shape index (κ2) is 10.3. The third-order valence-corrected chi connectivity index (χ3v) is 6.03. The van der Waals surface area contributed by atoms with Crippen LogP contribution in [0.15, 0.2) is 66.7 Å². The number of carboxylic acids is 1. The molecular formula is C27H26N2O6. The molecule has 0 heterocycles. The summed E-state index contributed by atoms with van der Waals surface area (Å²) in [6.07, 6.45) is 0.196. The predicted octanol–water partition coefficient (Wildman–Crippen LogP) is 4.74. The molecule has 2 amide bonds. The molecule has 1 aliphatic carbocycles. The maximum absolute atomic E-state index is 12.8. The normalized spacial score (nSPS) is 12.8. The van der Waals surface area contributed by atoms with Crippen LogP contribution in [0.5, 0.6) is 5.75 Å². The molecular weight excluding hydrogens is 448 g/mol. The Morgan fingerprint density at radius 2 is 1.60 bits per heavy atom. The fraction of sp³-hybridized carbons (Fsp3) is 0.222. The van der Waals surface area contributed by atoms with E-state index in [1.165, 1.54) is 12.1 Å². The summed E-state index contributed by atoms with van der Waals surface area (Å²) in [5.41, 5.74) is 4.25. The lowest BCUT2D eigenvalue weighted by molar-refractivity contribution is -0.118. The van der Waals surface area contributed by atoms with Crippen LogP contribution in [0.1, 0.15) is 47.2 Å². The number of hydrogen-bond donors (Lipinski definition) is 4. The molecule has 0 unspecified atom stereocenters. The highest BCUT2D eigenvalue weighted by Crippen LogP contribution is 2.44. The molecule has 35 heavy (non-hydrogen) atoms. The van der Waals surface area contributed by atoms with Crippen LogP contribution in [0, 0.1) is 0 Å². The number of hydrogen-bond acceptors (Lipinski definition) is 5. The second-order valence-corrected chi connectivity index (χ2v) is 8.34. The lowest BCUT2D eigenvalue weighted by Gasteiger charge is -2.20. The first-order valence-electron chi connectivity index (χ1n) is 11.4. The highest BCUT2D eigenvalue weighted by Gasteiger charge is 2.30. The molecule has 180 valence electrons. The minimum Gasteiger partial charge on any atom is -0.506 e. The number of phenolic OH excluding ortho intramolecular Hbond substituents is 1. The zero-order chi connectivity index (χ0) is 24.9. The fourth-order valence-electron chi connectivity index (χ4n) is 4.33. The Labute approximate surface area is 202 Å². The monoisotopic (exact) mass is 474 g/mol. The molecule has 4 rings (SSSR count). The molecule has 8 heteroatoms. The van der Waals surface area contributed by atoms with Crippen molar-refractivity contribution in [3.8, 4) is 16.9 Å². The topological polar surface area (TPSA) is 125 Å². The third-order valence-electron chi connectivity index (χ3n) is 6.03. The van der Waals surface area contributed by atoms with E-state index in [1.807, 2.05) is 55.5 Å². The van der Waals surface area contributed by atoms with Gasteiger partial charge in [0.2, 0.25) is 5.91 Å². The highest BCUT2D eigenvalue weighted by molar-refractivity contribution is 5.99. The maximum atomic E-state index is 12.8. The van der Waals surface area contributed by atoms with Gasteiger partial charge in [0.15, 0.2) is 0 Å². The lowest BCUT2D eigenvalue weighted by Crippen LogP contribution is -2.44. The first-order chi connectivity index (χ1) is 16.9. The number of ether oxygens (including phenoxy) is 1. The molecule has 1 aliphatic rings. The Morgan fingerprint density at radius 1 is 0.971 bits per heavy atom. The van der Waals surface area contributed by atoms with Gasteiger partial charge in [-0.05, 0) is 46.9 Å². The summed E-state index contributed by atoms with van der Waals surface area (Å²) in [5.74, 6) is -2.16. The first kappa shape index (κ1) is 23.8. The number of aromatic hydroxyl groups is 1. The molecule has 3 aromatic rings. The second-order valence-electron chi connectivity index (χ2n) is 8.34. The van der Waals surface area contributed by atoms with Crippen LogP contribution in [0.3, 0.4) is 0 Å². The first-order valence-corrected chi connectivity index (χ1v) is 11.4. The van der Waals surface area contributed by atoms with Crippen molar-refractivity contribution in [2.24, 2.45) is 0 Å². The van der Waals surface area contributed by atoms with E-state index < -0.39 is 24.0 Å². The van der Waals surface area contributed by atoms with Gasteiger partial charge in [-0.25, -0.2) is 9.59 Å². The largest absolute Gasteiger partial charge is 0.506 e. The number of alkyl carbamates (subject to hydrolysis) is 1. The Morgan fingerprint density at radius 3 is 2.20 bits per heavy atom. The Hall–Kier alpha value is -4.33. The number of carbonyl (C=O) groups is 3. The summed E-state index contributed by atoms with van der Waals surface area (Å²) in [5, 5.41) is 24.2. The molecule has 0 saturated heterocycles. The standard InChI is InChI=1S/C27H26N2O6/c1-2-7-22(25(31)28-23-14-16(26(32)33)12-13-24(23)30)29-27(34)35-15-21-19-10-5-3-8-17(19)18-9-4-6-11-20(18)21/h3-6,8-14,21-22,30H,2,7,15H2,1H3,(H,28,31)(H,29,34)(H,32,33)/t22-/m0/s1. The van der Waals surface area contributed by atoms with Crippen LogP contribution < -0.4 is 10.6 Å². The molecule has 0 aromatic heterocycles. The number of benzene rings is 3. The van der Waals surface area contributed by atoms with E-state index in [1.54, 1.807) is 0 Å². The predicted molar refractivity (Wildman–Crippen MR) is 131 cm³/mol. The Kier molecular flexibility index (Phi) is 7.01. The van der Waals surface area contributed by atoms with Gasteiger partial charge in [-0.2, -0.15) is 0 Å². The van der Waals surface area contributed by atoms with Crippen LogP contribution in [0.25, 0.3) is 11.1 Å². The van der Waals surface area contributed by atoms with E-state index in [2.05, 4.69) is 10.6 Å². The number of aromatic carboxylic acids is 1. The molecule has 4 N–H and O–H groups in total. The summed E-state index contributed by atoms with van der Waals surface area (Å²) in [6, 6.07) is 18.6. The highest BCUT2D eigenvalue weighted by atomic mass is 16.5. The Balaban J connectivity index is 1.42. The van der Waals surface area contributed by atoms with Gasteiger partial charge in [0.1, 0.15) is 18.4 Å². The van der Waals surface area contributed by atoms with Gasteiger partial charge in [0, 0.05) is 5.92 Å². The molecule has 0 fully saturated rings. The van der Waals surface area contributed by atoms with Crippen molar-refractivity contribution in [2.45, 2.75) is 31.7 Å². The van der Waals surface area contributed by atoms with Crippen molar-refractivity contribution < 1.29 is 29.3 Å². The molecule has 1 atom stereocenters. The quantitative estimate of drug-likeness (QED) is 0.350. The maximum Gasteiger partial charge on any atom is 0.407 e. The van der Waals surface area contributed by atoms with Gasteiger partial charge in [-0.15, -0.1) is 0 Å². The lowest BCUT2D eigenvalue weighted by atomic mass is 9.98. The molecule has 3 aromatic carbocycles. The summed E-state index contributed by atoms with van der Waals surface area (Å²) in [7, 11) is 0. The average molecular weight is 475 g/mol. The van der Waals surface area contributed by atoms with Gasteiger partial charge in [-0.1, -0.05) is 61.9 Å². The molecule has 0 saturated carbocycles. The third kappa shape index (κ3) is 5.11. The molecule has 0 aliphatic heterocycles. The van der Waals surface area contributed by atoms with Crippen molar-refractivity contribution in [3.63, 3.8) is 0 Å². The summed E-state index contributed by atoms with van der Waals surface area (Å²) >= 11 is 0. The van der Waals surface area contributed by atoms with E-state index in [0.29, 0.717) is 12.8 Å². The summed E-state index contributed by atoms with van der Waals surface area (Å²) in [4.78, 5) is 36.7. The van der Waals surface area contributed by atoms with Crippen LogP contribution in [0.2, 0.25) is 0 Å². The minimum atomic E-state index is -1.19. The average Bonchev–Trinajstić information content (AvgIpc) is 3.17. The zero-order valence-electron chi connectivity index (χ0n) is 19.2. The number of anilines is 1. The van der Waals surface area contributed by atoms with E-state index in [9.17, 15) is 19.5 Å². The van der Waals surface area contributed by atoms with Crippen LogP contribution in [-0.2, 0) is 9.53 Å². The number of fused-ring (bicyclic) bond motifs is 3. The summed E-state index contributed by atoms with van der Waals surface area (Å²) in [6.45, 7) is 1.98. The summed E-state index contributed by atoms with van der Waals surface area (Å²) < 4.78 is 5.53. The number of nitrogens with one attached hydrogen (secondary N) is 2. The number of carbonyl (C=O) groups excluding carboxylic acids is 2. The van der Waals surface area contributed by atoms with Crippen LogP contribution in [0.4, 0.5) is 10.5 Å². The van der Waals surface area contributed by atoms with Crippen molar-refractivity contribution in [1.29, 1.82) is 0 Å². The Bertz CT molecular complexity index is 1230. The van der Waals surface area contributed by atoms with Gasteiger partial charge in [0.05, 0.1) is 11.3 Å². The number of carboxylic acid groups (broad SMARTS) is 1. The molecule has 0 spiro atoms. The van der Waals surface area contributed by atoms with Gasteiger partial charge >= 0.3 is 12.1 Å². The smallest absolute Gasteiger partial charge is 0.407 e. The van der Waals surface area contributed by atoms with Crippen LogP contribution >= 0.6 is 0 Å². The number of rotatable bonds is 8. The SMILES string of the molecule is CCC[C@H](NC(=O)OCC1c2ccccc2-c2ccccc21)C(=O)Nc1cc(C(=O)O)ccc1O. The van der Waals surface area contributed by atoms with Crippen molar-refractivity contribution in [3.05, 3.63) is 83.4 Å². The van der Waals surface area contributed by atoms with Crippen LogP contribution in [-0.4, -0.2) is 40.8 Å². The number of amides is 2. The molecule has 8 nitrogen and oxygen atoms in total. The zero-order valence-corrected chi connectivity index (χ0v) is 19.2. The van der Waals surface area contributed by atoms with Crippen molar-refractivity contribution >= 4 is 23.7 Å². The van der Waals surface area contributed by atoms with E-state index in [-0.39, 0.29) is 29.5 Å². The van der Waals surface area contributed by atoms with Gasteiger partial charge in [0.25, 0.3) is 0 Å². The van der Waals surface area contributed by atoms with Gasteiger partial charge < -0.3 is 25.6 Å². The van der Waals surface area contributed by atoms with Crippen molar-refractivity contribution in [1.82, 2.24) is 5.32 Å².